The zero-order chi connectivity index (χ0) is 5.98. The van der Waals surface area contributed by atoms with E-state index in [-0.39, 0.29) is 22.7 Å². The van der Waals surface area contributed by atoms with Gasteiger partial charge in [-0.15, -0.1) is 17.0 Å². The van der Waals surface area contributed by atoms with Crippen molar-refractivity contribution in [2.45, 2.75) is 0 Å². The fourth-order valence-electron chi connectivity index (χ4n) is 0.375. The average molecular weight is 193 g/mol. The summed E-state index contributed by atoms with van der Waals surface area (Å²) in [4.78, 5) is 9.99. The molecule has 0 aliphatic heterocycles. The first kappa shape index (κ1) is 8.16. The normalized spacial score (nSPS) is 8.00. The second-order valence-electron chi connectivity index (χ2n) is 1.28. The second kappa shape index (κ2) is 3.24. The fourth-order valence-corrected chi connectivity index (χ4v) is 0.375. The monoisotopic (exact) mass is 192 g/mol. The SMILES string of the molecule is Br.O=C(O)c1ccn[nH]1. The summed E-state index contributed by atoms with van der Waals surface area (Å²) in [6.45, 7) is 0. The van der Waals surface area contributed by atoms with Gasteiger partial charge in [0.2, 0.25) is 0 Å². The summed E-state index contributed by atoms with van der Waals surface area (Å²) in [5.41, 5.74) is 0.116. The van der Waals surface area contributed by atoms with Gasteiger partial charge in [0.1, 0.15) is 5.69 Å². The van der Waals surface area contributed by atoms with E-state index in [4.69, 9.17) is 5.11 Å². The van der Waals surface area contributed by atoms with Crippen LogP contribution in [0.1, 0.15) is 10.5 Å². The molecule has 1 aromatic rings. The molecule has 9 heavy (non-hydrogen) atoms. The minimum Gasteiger partial charge on any atom is -0.477 e. The van der Waals surface area contributed by atoms with Gasteiger partial charge in [-0.3, -0.25) is 5.10 Å². The zero-order valence-electron chi connectivity index (χ0n) is 4.37. The summed E-state index contributed by atoms with van der Waals surface area (Å²) in [7, 11) is 0. The largest absolute Gasteiger partial charge is 0.477 e. The third kappa shape index (κ3) is 1.85. The first-order valence-corrected chi connectivity index (χ1v) is 2.03. The molecule has 0 atom stereocenters. The van der Waals surface area contributed by atoms with Gasteiger partial charge in [0.15, 0.2) is 0 Å². The molecule has 0 aliphatic carbocycles. The number of hydrogen-bond donors (Lipinski definition) is 2. The molecule has 0 saturated carbocycles. The Labute approximate surface area is 61.7 Å². The lowest BCUT2D eigenvalue weighted by Gasteiger charge is -1.79. The Kier molecular flexibility index (Phi) is 2.94. The summed E-state index contributed by atoms with van der Waals surface area (Å²) >= 11 is 0. The van der Waals surface area contributed by atoms with Gasteiger partial charge in [0, 0.05) is 6.20 Å². The second-order valence-corrected chi connectivity index (χ2v) is 1.28. The van der Waals surface area contributed by atoms with Crippen LogP contribution in [0, 0.1) is 0 Å². The number of aromatic amines is 1. The first-order chi connectivity index (χ1) is 3.80. The third-order valence-electron chi connectivity index (χ3n) is 0.731. The van der Waals surface area contributed by atoms with Crippen molar-refractivity contribution in [1.82, 2.24) is 10.2 Å². The summed E-state index contributed by atoms with van der Waals surface area (Å²) in [5.74, 6) is -0.984. The van der Waals surface area contributed by atoms with Gasteiger partial charge in [-0.1, -0.05) is 0 Å². The van der Waals surface area contributed by atoms with E-state index in [9.17, 15) is 4.79 Å². The van der Waals surface area contributed by atoms with Crippen LogP contribution in [0.15, 0.2) is 12.3 Å². The number of rotatable bonds is 1. The number of nitrogens with zero attached hydrogens (tertiary/aromatic N) is 1. The molecule has 0 fully saturated rings. The van der Waals surface area contributed by atoms with Gasteiger partial charge >= 0.3 is 5.97 Å². The predicted octanol–water partition coefficient (Wildman–Crippen LogP) is 0.686. The van der Waals surface area contributed by atoms with Gasteiger partial charge in [-0.2, -0.15) is 5.10 Å². The van der Waals surface area contributed by atoms with E-state index in [0.29, 0.717) is 0 Å². The molecule has 0 amide bonds. The minimum atomic E-state index is -0.984. The van der Waals surface area contributed by atoms with Crippen molar-refractivity contribution in [3.05, 3.63) is 18.0 Å². The molecular weight excluding hydrogens is 188 g/mol. The molecule has 1 heterocycles. The van der Waals surface area contributed by atoms with Crippen LogP contribution in [0.4, 0.5) is 0 Å². The standard InChI is InChI=1S/C4H4N2O2.BrH/c7-4(8)3-1-2-5-6-3;/h1-2H,(H,5,6)(H,7,8);1H. The van der Waals surface area contributed by atoms with Gasteiger partial charge in [-0.05, 0) is 6.07 Å². The molecule has 0 aliphatic rings. The van der Waals surface area contributed by atoms with E-state index >= 15 is 0 Å². The maximum absolute atomic E-state index is 9.99. The van der Waals surface area contributed by atoms with Gasteiger partial charge < -0.3 is 5.11 Å². The number of nitrogens with one attached hydrogen (secondary N) is 1. The molecule has 0 bridgehead atoms. The van der Waals surface area contributed by atoms with Gasteiger partial charge in [0.25, 0.3) is 0 Å². The van der Waals surface area contributed by atoms with Crippen LogP contribution in [0.5, 0.6) is 0 Å². The van der Waals surface area contributed by atoms with E-state index in [1.54, 1.807) is 0 Å². The molecule has 0 aromatic carbocycles. The van der Waals surface area contributed by atoms with Crippen LogP contribution in [0.25, 0.3) is 0 Å². The predicted molar refractivity (Wildman–Crippen MR) is 35.9 cm³/mol. The number of carboxylic acid groups (broad SMARTS) is 1. The zero-order valence-corrected chi connectivity index (χ0v) is 6.08. The molecule has 0 unspecified atom stereocenters. The van der Waals surface area contributed by atoms with E-state index in [2.05, 4.69) is 10.2 Å². The van der Waals surface area contributed by atoms with E-state index in [1.165, 1.54) is 12.3 Å². The van der Waals surface area contributed by atoms with Crippen molar-refractivity contribution in [2.24, 2.45) is 0 Å². The van der Waals surface area contributed by atoms with Crippen molar-refractivity contribution in [3.8, 4) is 0 Å². The van der Waals surface area contributed by atoms with Crippen LogP contribution >= 0.6 is 17.0 Å². The van der Waals surface area contributed by atoms with Crippen LogP contribution in [0.3, 0.4) is 0 Å². The summed E-state index contributed by atoms with van der Waals surface area (Å²) in [6.07, 6.45) is 1.39. The minimum absolute atomic E-state index is 0. The Morgan fingerprint density at radius 3 is 2.67 bits per heavy atom. The van der Waals surface area contributed by atoms with Crippen molar-refractivity contribution < 1.29 is 9.90 Å². The highest BCUT2D eigenvalue weighted by Gasteiger charge is 1.99. The van der Waals surface area contributed by atoms with E-state index in [0.717, 1.165) is 0 Å². The highest BCUT2D eigenvalue weighted by atomic mass is 79.9. The highest BCUT2D eigenvalue weighted by molar-refractivity contribution is 8.93. The molecule has 0 spiro atoms. The summed E-state index contributed by atoms with van der Waals surface area (Å²) in [5, 5.41) is 13.9. The summed E-state index contributed by atoms with van der Waals surface area (Å²) < 4.78 is 0. The molecule has 1 aromatic heterocycles. The Balaban J connectivity index is 0.000000640. The van der Waals surface area contributed by atoms with Crippen molar-refractivity contribution in [2.75, 3.05) is 0 Å². The first-order valence-electron chi connectivity index (χ1n) is 2.03. The fraction of sp³-hybridized carbons (Fsp3) is 0. The average Bonchev–Trinajstić information content (AvgIpc) is 2.12. The Bertz CT molecular complexity index is 184. The number of carboxylic acids is 1. The van der Waals surface area contributed by atoms with Crippen LogP contribution < -0.4 is 0 Å². The van der Waals surface area contributed by atoms with Crippen LogP contribution in [-0.2, 0) is 0 Å². The van der Waals surface area contributed by atoms with Gasteiger partial charge in [-0.25, -0.2) is 4.79 Å². The number of carbonyl (C=O) groups is 1. The van der Waals surface area contributed by atoms with E-state index < -0.39 is 5.97 Å². The number of hydrogen-bond acceptors (Lipinski definition) is 2. The quantitative estimate of drug-likeness (QED) is 0.689. The highest BCUT2D eigenvalue weighted by Crippen LogP contribution is 1.87. The van der Waals surface area contributed by atoms with Crippen molar-refractivity contribution in [1.29, 1.82) is 0 Å². The lowest BCUT2D eigenvalue weighted by atomic mass is 10.5. The van der Waals surface area contributed by atoms with Crippen LogP contribution in [-0.4, -0.2) is 21.3 Å². The number of aromatic nitrogens is 2. The maximum atomic E-state index is 9.99. The lowest BCUT2D eigenvalue weighted by molar-refractivity contribution is 0.0690. The van der Waals surface area contributed by atoms with E-state index in [1.807, 2.05) is 0 Å². The molecule has 0 saturated heterocycles. The Morgan fingerprint density at radius 2 is 2.44 bits per heavy atom. The molecular formula is C4H5BrN2O2. The molecule has 2 N–H and O–H groups in total. The number of aromatic carboxylic acids is 1. The maximum Gasteiger partial charge on any atom is 0.353 e. The number of halogens is 1. The lowest BCUT2D eigenvalue weighted by Crippen LogP contribution is -1.95. The van der Waals surface area contributed by atoms with Crippen LogP contribution in [0.2, 0.25) is 0 Å². The molecule has 50 valence electrons. The van der Waals surface area contributed by atoms with Crippen molar-refractivity contribution in [3.63, 3.8) is 0 Å². The van der Waals surface area contributed by atoms with Crippen molar-refractivity contribution >= 4 is 23.0 Å². The molecule has 0 radical (unpaired) electrons. The summed E-state index contributed by atoms with van der Waals surface area (Å²) in [6, 6.07) is 1.39. The Morgan fingerprint density at radius 1 is 1.78 bits per heavy atom. The molecule has 4 nitrogen and oxygen atoms in total. The molecule has 1 rings (SSSR count). The third-order valence-corrected chi connectivity index (χ3v) is 0.731. The number of H-pyrrole nitrogens is 1. The smallest absolute Gasteiger partial charge is 0.353 e. The Hall–Kier alpha value is -0.840. The molecule has 5 heteroatoms. The van der Waals surface area contributed by atoms with Gasteiger partial charge in [0.05, 0.1) is 0 Å². The topological polar surface area (TPSA) is 66.0 Å².